The summed E-state index contributed by atoms with van der Waals surface area (Å²) in [6.45, 7) is 0.662. The van der Waals surface area contributed by atoms with Crippen molar-refractivity contribution in [1.82, 2.24) is 9.88 Å². The Labute approximate surface area is 127 Å². The minimum atomic E-state index is -0.00346. The lowest BCUT2D eigenvalue weighted by atomic mass is 10.1. The van der Waals surface area contributed by atoms with Gasteiger partial charge in [-0.1, -0.05) is 29.8 Å². The first-order chi connectivity index (χ1) is 10.3. The van der Waals surface area contributed by atoms with E-state index in [1.807, 2.05) is 42.5 Å². The van der Waals surface area contributed by atoms with Crippen LogP contribution in [-0.4, -0.2) is 17.0 Å². The molecule has 0 atom stereocenters. The van der Waals surface area contributed by atoms with Crippen LogP contribution in [0.4, 0.5) is 0 Å². The van der Waals surface area contributed by atoms with Gasteiger partial charge in [0.1, 0.15) is 0 Å². The summed E-state index contributed by atoms with van der Waals surface area (Å²) in [5.74, 6) is -0.00346. The van der Waals surface area contributed by atoms with E-state index >= 15 is 0 Å². The second-order valence-electron chi connectivity index (χ2n) is 5.18. The summed E-state index contributed by atoms with van der Waals surface area (Å²) in [5, 5.41) is 4.67. The molecule has 0 fully saturated rings. The monoisotopic (exact) mass is 296 g/mol. The molecule has 0 aliphatic carbocycles. The van der Waals surface area contributed by atoms with E-state index in [-0.39, 0.29) is 5.91 Å². The van der Waals surface area contributed by atoms with E-state index in [1.54, 1.807) is 0 Å². The topological polar surface area (TPSA) is 34.0 Å². The van der Waals surface area contributed by atoms with Gasteiger partial charge in [0.05, 0.1) is 16.2 Å². The Bertz CT molecular complexity index is 866. The Morgan fingerprint density at radius 1 is 1.10 bits per heavy atom. The molecule has 2 aromatic carbocycles. The van der Waals surface area contributed by atoms with Crippen molar-refractivity contribution in [2.45, 2.75) is 6.42 Å². The first-order valence-electron chi connectivity index (χ1n) is 6.92. The molecule has 1 aromatic heterocycles. The van der Waals surface area contributed by atoms with Gasteiger partial charge in [-0.15, -0.1) is 0 Å². The SMILES string of the molecule is O=C1NCCc2cn(-c3ccccc3Cl)c3cccc1c23. The second-order valence-corrected chi connectivity index (χ2v) is 5.59. The normalized spacial score (nSPS) is 14.0. The maximum absolute atomic E-state index is 12.2. The third-order valence-electron chi connectivity index (χ3n) is 3.94. The van der Waals surface area contributed by atoms with Crippen LogP contribution < -0.4 is 5.32 Å². The lowest BCUT2D eigenvalue weighted by Gasteiger charge is -2.08. The number of benzene rings is 2. The van der Waals surface area contributed by atoms with Crippen LogP contribution in [0, 0.1) is 0 Å². The Hall–Kier alpha value is -2.26. The lowest BCUT2D eigenvalue weighted by molar-refractivity contribution is 0.0957. The average molecular weight is 297 g/mol. The predicted octanol–water partition coefficient (Wildman–Crippen LogP) is 3.57. The molecule has 4 heteroatoms. The summed E-state index contributed by atoms with van der Waals surface area (Å²) in [6.07, 6.45) is 2.92. The standard InChI is InChI=1S/C17H13ClN2O/c18-13-5-1-2-6-14(13)20-10-11-8-9-19-17(21)12-4-3-7-15(20)16(11)12/h1-7,10H,8-9H2,(H,19,21). The van der Waals surface area contributed by atoms with Gasteiger partial charge in [0.25, 0.3) is 5.91 Å². The summed E-state index contributed by atoms with van der Waals surface area (Å²) in [5.41, 5.74) is 3.88. The van der Waals surface area contributed by atoms with Gasteiger partial charge >= 0.3 is 0 Å². The van der Waals surface area contributed by atoms with Gasteiger partial charge < -0.3 is 9.88 Å². The Morgan fingerprint density at radius 2 is 1.95 bits per heavy atom. The second kappa shape index (κ2) is 4.64. The summed E-state index contributed by atoms with van der Waals surface area (Å²) >= 11 is 6.33. The van der Waals surface area contributed by atoms with Gasteiger partial charge in [0.2, 0.25) is 0 Å². The Balaban J connectivity index is 2.08. The molecule has 1 aliphatic rings. The molecule has 1 N–H and O–H groups in total. The molecule has 3 aromatic rings. The number of hydrogen-bond donors (Lipinski definition) is 1. The van der Waals surface area contributed by atoms with Crippen LogP contribution in [0.15, 0.2) is 48.7 Å². The van der Waals surface area contributed by atoms with Crippen LogP contribution in [0.2, 0.25) is 5.02 Å². The Kier molecular flexibility index (Phi) is 2.76. The van der Waals surface area contributed by atoms with Crippen LogP contribution in [0.5, 0.6) is 0 Å². The van der Waals surface area contributed by atoms with E-state index in [2.05, 4.69) is 16.1 Å². The van der Waals surface area contributed by atoms with E-state index in [0.717, 1.165) is 28.6 Å². The van der Waals surface area contributed by atoms with Crippen LogP contribution in [0.1, 0.15) is 15.9 Å². The molecule has 0 radical (unpaired) electrons. The largest absolute Gasteiger partial charge is 0.352 e. The first-order valence-corrected chi connectivity index (χ1v) is 7.29. The van der Waals surface area contributed by atoms with Gasteiger partial charge in [-0.05, 0) is 36.2 Å². The molecular weight excluding hydrogens is 284 g/mol. The van der Waals surface area contributed by atoms with Crippen molar-refractivity contribution in [2.75, 3.05) is 6.54 Å². The van der Waals surface area contributed by atoms with Crippen molar-refractivity contribution in [3.05, 3.63) is 64.8 Å². The quantitative estimate of drug-likeness (QED) is 0.732. The fourth-order valence-electron chi connectivity index (χ4n) is 3.00. The highest BCUT2D eigenvalue weighted by atomic mass is 35.5. The van der Waals surface area contributed by atoms with Crippen molar-refractivity contribution in [3.8, 4) is 5.69 Å². The molecule has 3 nitrogen and oxygen atoms in total. The van der Waals surface area contributed by atoms with E-state index in [4.69, 9.17) is 11.6 Å². The van der Waals surface area contributed by atoms with Crippen molar-refractivity contribution < 1.29 is 4.79 Å². The highest BCUT2D eigenvalue weighted by Gasteiger charge is 2.20. The number of carbonyl (C=O) groups is 1. The smallest absolute Gasteiger partial charge is 0.251 e. The van der Waals surface area contributed by atoms with Crippen LogP contribution >= 0.6 is 11.6 Å². The molecule has 21 heavy (non-hydrogen) atoms. The number of hydrogen-bond acceptors (Lipinski definition) is 1. The highest BCUT2D eigenvalue weighted by Crippen LogP contribution is 2.31. The fraction of sp³-hybridized carbons (Fsp3) is 0.118. The predicted molar refractivity (Wildman–Crippen MR) is 84.3 cm³/mol. The zero-order valence-corrected chi connectivity index (χ0v) is 12.0. The van der Waals surface area contributed by atoms with Crippen molar-refractivity contribution in [2.24, 2.45) is 0 Å². The molecular formula is C17H13ClN2O. The number of nitrogens with zero attached hydrogens (tertiary/aromatic N) is 1. The third kappa shape index (κ3) is 1.85. The van der Waals surface area contributed by atoms with E-state index in [9.17, 15) is 4.79 Å². The maximum Gasteiger partial charge on any atom is 0.251 e. The number of para-hydroxylation sites is 1. The van der Waals surface area contributed by atoms with Crippen molar-refractivity contribution >= 4 is 28.4 Å². The van der Waals surface area contributed by atoms with Gasteiger partial charge in [0.15, 0.2) is 0 Å². The van der Waals surface area contributed by atoms with E-state index in [1.165, 1.54) is 5.56 Å². The van der Waals surface area contributed by atoms with Crippen molar-refractivity contribution in [1.29, 1.82) is 0 Å². The minimum absolute atomic E-state index is 0.00346. The van der Waals surface area contributed by atoms with Crippen molar-refractivity contribution in [3.63, 3.8) is 0 Å². The molecule has 2 heterocycles. The van der Waals surface area contributed by atoms with Gasteiger partial charge in [-0.2, -0.15) is 0 Å². The molecule has 4 rings (SSSR count). The molecule has 104 valence electrons. The number of rotatable bonds is 1. The summed E-state index contributed by atoms with van der Waals surface area (Å²) in [4.78, 5) is 12.2. The molecule has 1 aliphatic heterocycles. The molecule has 0 saturated heterocycles. The van der Waals surface area contributed by atoms with Crippen LogP contribution in [0.25, 0.3) is 16.6 Å². The minimum Gasteiger partial charge on any atom is -0.352 e. The van der Waals surface area contributed by atoms with Crippen LogP contribution in [0.3, 0.4) is 0 Å². The summed E-state index contributed by atoms with van der Waals surface area (Å²) < 4.78 is 2.08. The van der Waals surface area contributed by atoms with E-state index in [0.29, 0.717) is 11.6 Å². The number of amides is 1. The number of nitrogens with one attached hydrogen (secondary N) is 1. The molecule has 0 spiro atoms. The number of aromatic nitrogens is 1. The van der Waals surface area contributed by atoms with Gasteiger partial charge in [-0.3, -0.25) is 4.79 Å². The summed E-state index contributed by atoms with van der Waals surface area (Å²) in [6, 6.07) is 13.6. The van der Waals surface area contributed by atoms with Gasteiger partial charge in [-0.25, -0.2) is 0 Å². The Morgan fingerprint density at radius 3 is 2.81 bits per heavy atom. The van der Waals surface area contributed by atoms with Gasteiger partial charge in [0, 0.05) is 23.7 Å². The number of carbonyl (C=O) groups excluding carboxylic acids is 1. The molecule has 1 amide bonds. The highest BCUT2D eigenvalue weighted by molar-refractivity contribution is 6.32. The molecule has 0 bridgehead atoms. The molecule has 0 saturated carbocycles. The lowest BCUT2D eigenvalue weighted by Crippen LogP contribution is -2.23. The van der Waals surface area contributed by atoms with Crippen LogP contribution in [-0.2, 0) is 6.42 Å². The average Bonchev–Trinajstić information content (AvgIpc) is 2.78. The maximum atomic E-state index is 12.2. The number of halogens is 1. The van der Waals surface area contributed by atoms with E-state index < -0.39 is 0 Å². The summed E-state index contributed by atoms with van der Waals surface area (Å²) in [7, 11) is 0. The zero-order valence-electron chi connectivity index (χ0n) is 11.3. The first kappa shape index (κ1) is 12.5. The fourth-order valence-corrected chi connectivity index (χ4v) is 3.23. The molecule has 0 unspecified atom stereocenters. The third-order valence-corrected chi connectivity index (χ3v) is 4.26. The zero-order chi connectivity index (χ0) is 14.4.